The van der Waals surface area contributed by atoms with E-state index in [1.807, 2.05) is 42.5 Å². The number of nitrogens with zero attached hydrogens (tertiary/aromatic N) is 2. The van der Waals surface area contributed by atoms with Gasteiger partial charge in [-0.15, -0.1) is 0 Å². The Hall–Kier alpha value is -2.97. The van der Waals surface area contributed by atoms with Gasteiger partial charge in [0.25, 0.3) is 16.8 Å². The van der Waals surface area contributed by atoms with E-state index in [-0.39, 0.29) is 22.4 Å². The van der Waals surface area contributed by atoms with Crippen LogP contribution >= 0.6 is 27.7 Å². The van der Waals surface area contributed by atoms with Crippen LogP contribution in [-0.4, -0.2) is 21.0 Å². The SMILES string of the molecule is O=C1S/C(=C\c2ccc(Br)c([N+](=O)[O-])c2)C(=O)N1Cc1cccc2ccccc12. The summed E-state index contributed by atoms with van der Waals surface area (Å²) in [5, 5.41) is 12.8. The number of benzene rings is 3. The van der Waals surface area contributed by atoms with Gasteiger partial charge in [-0.05, 0) is 61.7 Å². The first-order chi connectivity index (χ1) is 13.9. The van der Waals surface area contributed by atoms with E-state index < -0.39 is 10.8 Å². The van der Waals surface area contributed by atoms with Crippen LogP contribution in [0.2, 0.25) is 0 Å². The van der Waals surface area contributed by atoms with Crippen molar-refractivity contribution >= 4 is 61.4 Å². The maximum Gasteiger partial charge on any atom is 0.293 e. The molecule has 0 N–H and O–H groups in total. The average molecular weight is 469 g/mol. The fourth-order valence-corrected chi connectivity index (χ4v) is 4.38. The van der Waals surface area contributed by atoms with Crippen LogP contribution in [-0.2, 0) is 11.3 Å². The third-order valence-electron chi connectivity index (χ3n) is 4.55. The minimum absolute atomic E-state index is 0.103. The van der Waals surface area contributed by atoms with Gasteiger partial charge in [-0.1, -0.05) is 48.5 Å². The van der Waals surface area contributed by atoms with Gasteiger partial charge in [0.1, 0.15) is 0 Å². The quantitative estimate of drug-likeness (QED) is 0.276. The van der Waals surface area contributed by atoms with Gasteiger partial charge in [-0.2, -0.15) is 0 Å². The van der Waals surface area contributed by atoms with Gasteiger partial charge in [0.05, 0.1) is 20.8 Å². The van der Waals surface area contributed by atoms with E-state index in [9.17, 15) is 19.7 Å². The first kappa shape index (κ1) is 19.4. The molecule has 0 unspecified atom stereocenters. The number of carbonyl (C=O) groups is 2. The summed E-state index contributed by atoms with van der Waals surface area (Å²) in [5.74, 6) is -0.404. The lowest BCUT2D eigenvalue weighted by Crippen LogP contribution is -2.27. The molecule has 0 aromatic heterocycles. The van der Waals surface area contributed by atoms with Crippen LogP contribution in [0, 0.1) is 10.1 Å². The van der Waals surface area contributed by atoms with Crippen molar-refractivity contribution < 1.29 is 14.5 Å². The third kappa shape index (κ3) is 3.81. The number of imide groups is 1. The van der Waals surface area contributed by atoms with Crippen molar-refractivity contribution in [3.63, 3.8) is 0 Å². The highest BCUT2D eigenvalue weighted by atomic mass is 79.9. The first-order valence-corrected chi connectivity index (χ1v) is 10.2. The number of nitro benzene ring substituents is 1. The number of thioether (sulfide) groups is 1. The van der Waals surface area contributed by atoms with Gasteiger partial charge >= 0.3 is 0 Å². The molecule has 0 atom stereocenters. The Morgan fingerprint density at radius 2 is 1.83 bits per heavy atom. The van der Waals surface area contributed by atoms with E-state index in [2.05, 4.69) is 15.9 Å². The average Bonchev–Trinajstić information content (AvgIpc) is 2.97. The lowest BCUT2D eigenvalue weighted by molar-refractivity contribution is -0.385. The van der Waals surface area contributed by atoms with Gasteiger partial charge in [-0.3, -0.25) is 24.6 Å². The molecule has 1 aliphatic rings. The number of nitro groups is 1. The monoisotopic (exact) mass is 468 g/mol. The Labute approximate surface area is 178 Å². The summed E-state index contributed by atoms with van der Waals surface area (Å²) in [6, 6.07) is 18.1. The van der Waals surface area contributed by atoms with Crippen LogP contribution in [0.1, 0.15) is 11.1 Å². The highest BCUT2D eigenvalue weighted by Crippen LogP contribution is 2.35. The van der Waals surface area contributed by atoms with Crippen molar-refractivity contribution in [2.24, 2.45) is 0 Å². The molecule has 3 aromatic rings. The fraction of sp³-hybridized carbons (Fsp3) is 0.0476. The molecule has 2 amide bonds. The second-order valence-corrected chi connectivity index (χ2v) is 8.22. The molecule has 4 rings (SSSR count). The molecule has 0 aliphatic carbocycles. The maximum atomic E-state index is 12.8. The zero-order valence-corrected chi connectivity index (χ0v) is 17.3. The number of amides is 2. The summed E-state index contributed by atoms with van der Waals surface area (Å²) in [4.78, 5) is 37.3. The van der Waals surface area contributed by atoms with Crippen LogP contribution in [0.5, 0.6) is 0 Å². The van der Waals surface area contributed by atoms with Crippen molar-refractivity contribution in [2.75, 3.05) is 0 Å². The van der Waals surface area contributed by atoms with Gasteiger partial charge in [0.2, 0.25) is 0 Å². The van der Waals surface area contributed by atoms with Gasteiger partial charge in [-0.25, -0.2) is 0 Å². The van der Waals surface area contributed by atoms with Crippen LogP contribution in [0.3, 0.4) is 0 Å². The molecule has 6 nitrogen and oxygen atoms in total. The van der Waals surface area contributed by atoms with E-state index in [0.717, 1.165) is 28.1 Å². The van der Waals surface area contributed by atoms with E-state index >= 15 is 0 Å². The van der Waals surface area contributed by atoms with Crippen molar-refractivity contribution in [2.45, 2.75) is 6.54 Å². The van der Waals surface area contributed by atoms with E-state index in [4.69, 9.17) is 0 Å². The Morgan fingerprint density at radius 3 is 2.62 bits per heavy atom. The normalized spacial score (nSPS) is 15.5. The number of hydrogen-bond donors (Lipinski definition) is 0. The minimum Gasteiger partial charge on any atom is -0.268 e. The summed E-state index contributed by atoms with van der Waals surface area (Å²) in [6.45, 7) is 0.170. The molecule has 8 heteroatoms. The van der Waals surface area contributed by atoms with Crippen molar-refractivity contribution in [3.05, 3.63) is 91.3 Å². The molecule has 29 heavy (non-hydrogen) atoms. The van der Waals surface area contributed by atoms with Crippen LogP contribution in [0.25, 0.3) is 16.8 Å². The maximum absolute atomic E-state index is 12.8. The number of hydrogen-bond acceptors (Lipinski definition) is 5. The topological polar surface area (TPSA) is 80.5 Å². The molecule has 0 radical (unpaired) electrons. The lowest BCUT2D eigenvalue weighted by atomic mass is 10.0. The zero-order chi connectivity index (χ0) is 20.5. The molecule has 1 fully saturated rings. The minimum atomic E-state index is -0.506. The Balaban J connectivity index is 1.63. The summed E-state index contributed by atoms with van der Waals surface area (Å²) in [5.41, 5.74) is 1.26. The Morgan fingerprint density at radius 1 is 1.07 bits per heavy atom. The highest BCUT2D eigenvalue weighted by molar-refractivity contribution is 9.10. The van der Waals surface area contributed by atoms with Gasteiger partial charge in [0, 0.05) is 6.07 Å². The van der Waals surface area contributed by atoms with Crippen LogP contribution in [0.15, 0.2) is 70.0 Å². The van der Waals surface area contributed by atoms with Gasteiger partial charge < -0.3 is 0 Å². The molecule has 0 saturated carbocycles. The standard InChI is InChI=1S/C21H13BrN2O4S/c22-17-9-8-13(10-18(17)24(27)28)11-19-20(25)23(21(26)29-19)12-15-6-3-5-14-4-1-2-7-16(14)15/h1-11H,12H2/b19-11-. The fourth-order valence-electron chi connectivity index (χ4n) is 3.15. The first-order valence-electron chi connectivity index (χ1n) is 8.60. The summed E-state index contributed by atoms with van der Waals surface area (Å²) in [7, 11) is 0. The van der Waals surface area contributed by atoms with Crippen LogP contribution < -0.4 is 0 Å². The van der Waals surface area contributed by atoms with Gasteiger partial charge in [0.15, 0.2) is 0 Å². The number of carbonyl (C=O) groups excluding carboxylic acids is 2. The van der Waals surface area contributed by atoms with E-state index in [0.29, 0.717) is 10.0 Å². The Bertz CT molecular complexity index is 1200. The predicted octanol–water partition coefficient (Wildman–Crippen LogP) is 5.75. The molecular formula is C21H13BrN2O4S. The smallest absolute Gasteiger partial charge is 0.268 e. The van der Waals surface area contributed by atoms with E-state index in [1.165, 1.54) is 17.0 Å². The second-order valence-electron chi connectivity index (χ2n) is 6.37. The molecule has 144 valence electrons. The zero-order valence-electron chi connectivity index (χ0n) is 14.9. The number of rotatable bonds is 4. The van der Waals surface area contributed by atoms with Crippen molar-refractivity contribution in [1.29, 1.82) is 0 Å². The summed E-state index contributed by atoms with van der Waals surface area (Å²) < 4.78 is 0.351. The molecule has 0 spiro atoms. The molecule has 1 saturated heterocycles. The number of halogens is 1. The molecule has 1 heterocycles. The Kier molecular flexibility index (Phi) is 5.21. The summed E-state index contributed by atoms with van der Waals surface area (Å²) in [6.07, 6.45) is 1.51. The number of fused-ring (bicyclic) bond motifs is 1. The molecular weight excluding hydrogens is 456 g/mol. The van der Waals surface area contributed by atoms with Crippen molar-refractivity contribution in [1.82, 2.24) is 4.90 Å². The largest absolute Gasteiger partial charge is 0.293 e. The second kappa shape index (κ2) is 7.81. The molecule has 0 bridgehead atoms. The lowest BCUT2D eigenvalue weighted by Gasteiger charge is -2.14. The third-order valence-corrected chi connectivity index (χ3v) is 6.12. The van der Waals surface area contributed by atoms with Crippen molar-refractivity contribution in [3.8, 4) is 0 Å². The predicted molar refractivity (Wildman–Crippen MR) is 116 cm³/mol. The summed E-state index contributed by atoms with van der Waals surface area (Å²) >= 11 is 3.97. The van der Waals surface area contributed by atoms with Crippen LogP contribution in [0.4, 0.5) is 10.5 Å². The van der Waals surface area contributed by atoms with E-state index in [1.54, 1.807) is 12.1 Å². The molecule has 3 aromatic carbocycles. The highest BCUT2D eigenvalue weighted by Gasteiger charge is 2.35. The molecule has 1 aliphatic heterocycles.